The summed E-state index contributed by atoms with van der Waals surface area (Å²) in [5.74, 6) is -2.95. The van der Waals surface area contributed by atoms with Crippen molar-refractivity contribution in [3.05, 3.63) is 0 Å². The van der Waals surface area contributed by atoms with Crippen LogP contribution in [0, 0.1) is 5.92 Å². The van der Waals surface area contributed by atoms with E-state index in [1.807, 2.05) is 0 Å². The predicted molar refractivity (Wildman–Crippen MR) is 109 cm³/mol. The number of esters is 3. The van der Waals surface area contributed by atoms with Gasteiger partial charge in [0.05, 0.1) is 46.2 Å². The van der Waals surface area contributed by atoms with Gasteiger partial charge >= 0.3 is 23.9 Å². The van der Waals surface area contributed by atoms with Crippen LogP contribution in [0.15, 0.2) is 0 Å². The monoisotopic (exact) mass is 463 g/mol. The summed E-state index contributed by atoms with van der Waals surface area (Å²) in [6.45, 7) is 0.858. The van der Waals surface area contributed by atoms with Crippen LogP contribution in [0.25, 0.3) is 0 Å². The normalized spacial score (nSPS) is 15.9. The van der Waals surface area contributed by atoms with E-state index in [0.717, 1.165) is 19.4 Å². The van der Waals surface area contributed by atoms with E-state index in [1.165, 1.54) is 21.3 Å². The second kappa shape index (κ2) is 20.1. The highest BCUT2D eigenvalue weighted by Crippen LogP contribution is 2.12. The van der Waals surface area contributed by atoms with Crippen molar-refractivity contribution in [3.63, 3.8) is 0 Å². The highest BCUT2D eigenvalue weighted by Gasteiger charge is 2.23. The Morgan fingerprint density at radius 2 is 1.56 bits per heavy atom. The highest BCUT2D eigenvalue weighted by atomic mass is 16.5. The van der Waals surface area contributed by atoms with Gasteiger partial charge < -0.3 is 39.3 Å². The number of nitrogens with one attached hydrogen (secondary N) is 1. The average Bonchev–Trinajstić information content (AvgIpc) is 3.35. The van der Waals surface area contributed by atoms with Crippen LogP contribution in [0.1, 0.15) is 44.9 Å². The maximum absolute atomic E-state index is 10.9. The molecule has 3 N–H and O–H groups in total. The van der Waals surface area contributed by atoms with Gasteiger partial charge in [-0.15, -0.1) is 0 Å². The summed E-state index contributed by atoms with van der Waals surface area (Å²) in [4.78, 5) is 62.3. The number of hydrogen-bond acceptors (Lipinski definition) is 11. The van der Waals surface area contributed by atoms with E-state index in [-0.39, 0.29) is 44.1 Å². The molecule has 32 heavy (non-hydrogen) atoms. The molecule has 0 radical (unpaired) electrons. The van der Waals surface area contributed by atoms with Crippen molar-refractivity contribution in [3.8, 4) is 0 Å². The molecule has 0 saturated carbocycles. The molecule has 0 aromatic rings. The number of carboxylic acids is 1. The molecule has 1 fully saturated rings. The fourth-order valence-corrected chi connectivity index (χ4v) is 2.31. The molecule has 0 aromatic carbocycles. The summed E-state index contributed by atoms with van der Waals surface area (Å²) in [5.41, 5.74) is 0. The lowest BCUT2D eigenvalue weighted by molar-refractivity contribution is -0.144. The number of carbonyl (C=O) groups is 6. The number of carbonyl (C=O) groups excluding carboxylic acids is 5. The van der Waals surface area contributed by atoms with Gasteiger partial charge in [-0.1, -0.05) is 0 Å². The molecular weight excluding hydrogens is 430 g/mol. The number of rotatable bonds is 11. The van der Waals surface area contributed by atoms with Gasteiger partial charge in [0.1, 0.15) is 18.6 Å². The van der Waals surface area contributed by atoms with Crippen molar-refractivity contribution in [1.29, 1.82) is 0 Å². The van der Waals surface area contributed by atoms with Gasteiger partial charge in [0, 0.05) is 12.8 Å². The number of aliphatic hydroxyl groups excluding tert-OH is 1. The zero-order valence-electron chi connectivity index (χ0n) is 18.6. The summed E-state index contributed by atoms with van der Waals surface area (Å²) in [7, 11) is 3.73. The zero-order valence-corrected chi connectivity index (χ0v) is 18.6. The van der Waals surface area contributed by atoms with E-state index in [4.69, 9.17) is 5.11 Å². The smallest absolute Gasteiger partial charge is 0.320 e. The third kappa shape index (κ3) is 16.9. The van der Waals surface area contributed by atoms with Crippen LogP contribution in [0.4, 0.5) is 0 Å². The zero-order chi connectivity index (χ0) is 24.9. The minimum atomic E-state index is -1.05. The molecule has 0 bridgehead atoms. The summed E-state index contributed by atoms with van der Waals surface area (Å²) in [6, 6.07) is -0.269. The second-order valence-electron chi connectivity index (χ2n) is 6.53. The lowest BCUT2D eigenvalue weighted by Crippen LogP contribution is -2.29. The van der Waals surface area contributed by atoms with Gasteiger partial charge in [-0.2, -0.15) is 0 Å². The SMILES string of the molecule is COC(=O)CCC=O.COC(=O)CC[C@H](O)[C@@H](C=O)CC(=O)OC.O=C(O)[C@@H]1CCCN1. The van der Waals surface area contributed by atoms with Gasteiger partial charge in [0.2, 0.25) is 0 Å². The van der Waals surface area contributed by atoms with Crippen LogP contribution in [0.3, 0.4) is 0 Å². The first-order valence-electron chi connectivity index (χ1n) is 9.90. The number of methoxy groups -OCH3 is 3. The van der Waals surface area contributed by atoms with E-state index in [1.54, 1.807) is 0 Å². The molecule has 1 heterocycles. The average molecular weight is 463 g/mol. The molecule has 12 heteroatoms. The van der Waals surface area contributed by atoms with E-state index in [2.05, 4.69) is 19.5 Å². The lowest BCUT2D eigenvalue weighted by atomic mass is 9.96. The van der Waals surface area contributed by atoms with Crippen molar-refractivity contribution in [1.82, 2.24) is 5.32 Å². The molecular formula is C20H33NO11. The predicted octanol–water partition coefficient (Wildman–Crippen LogP) is -0.360. The fourth-order valence-electron chi connectivity index (χ4n) is 2.31. The first-order chi connectivity index (χ1) is 15.2. The Hall–Kier alpha value is -2.86. The first-order valence-corrected chi connectivity index (χ1v) is 9.90. The molecule has 0 amide bonds. The van der Waals surface area contributed by atoms with Crippen LogP contribution < -0.4 is 5.32 Å². The molecule has 1 rings (SSSR count). The quantitative estimate of drug-likeness (QED) is 0.206. The van der Waals surface area contributed by atoms with Gasteiger partial charge in [0.25, 0.3) is 0 Å². The summed E-state index contributed by atoms with van der Waals surface area (Å²) >= 11 is 0. The van der Waals surface area contributed by atoms with E-state index >= 15 is 0 Å². The van der Waals surface area contributed by atoms with Crippen molar-refractivity contribution < 1.29 is 53.2 Å². The molecule has 1 saturated heterocycles. The van der Waals surface area contributed by atoms with Crippen molar-refractivity contribution in [2.75, 3.05) is 27.9 Å². The molecule has 0 spiro atoms. The lowest BCUT2D eigenvalue weighted by Gasteiger charge is -2.15. The van der Waals surface area contributed by atoms with E-state index in [0.29, 0.717) is 12.6 Å². The Morgan fingerprint density at radius 3 is 1.94 bits per heavy atom. The number of aliphatic hydroxyl groups is 1. The molecule has 3 atom stereocenters. The van der Waals surface area contributed by atoms with Crippen LogP contribution in [0.2, 0.25) is 0 Å². The maximum atomic E-state index is 10.9. The number of ether oxygens (including phenoxy) is 3. The minimum Gasteiger partial charge on any atom is -0.480 e. The third-order valence-electron chi connectivity index (χ3n) is 4.22. The molecule has 0 aliphatic carbocycles. The van der Waals surface area contributed by atoms with Gasteiger partial charge in [-0.3, -0.25) is 19.2 Å². The Kier molecular flexibility index (Phi) is 19.6. The topological polar surface area (TPSA) is 183 Å². The van der Waals surface area contributed by atoms with Crippen LogP contribution in [0.5, 0.6) is 0 Å². The number of hydrogen-bond donors (Lipinski definition) is 3. The first kappa shape index (κ1) is 31.3. The van der Waals surface area contributed by atoms with Crippen LogP contribution in [-0.4, -0.2) is 86.7 Å². The van der Waals surface area contributed by atoms with Crippen molar-refractivity contribution >= 4 is 36.4 Å². The Morgan fingerprint density at radius 1 is 1.00 bits per heavy atom. The molecule has 0 aromatic heterocycles. The summed E-state index contributed by atoms with van der Waals surface area (Å²) < 4.78 is 13.0. The second-order valence-corrected chi connectivity index (χ2v) is 6.53. The molecule has 1 aliphatic heterocycles. The summed E-state index contributed by atoms with van der Waals surface area (Å²) in [6.07, 6.45) is 2.25. The van der Waals surface area contributed by atoms with Crippen LogP contribution in [-0.2, 0) is 43.0 Å². The minimum absolute atomic E-state index is 0.00315. The number of aldehydes is 2. The fraction of sp³-hybridized carbons (Fsp3) is 0.700. The van der Waals surface area contributed by atoms with Gasteiger partial charge in [-0.05, 0) is 25.8 Å². The molecule has 1 aliphatic rings. The molecule has 184 valence electrons. The number of aliphatic carboxylic acids is 1. The van der Waals surface area contributed by atoms with Gasteiger partial charge in [-0.25, -0.2) is 0 Å². The molecule has 0 unspecified atom stereocenters. The van der Waals surface area contributed by atoms with Crippen molar-refractivity contribution in [2.24, 2.45) is 5.92 Å². The van der Waals surface area contributed by atoms with Crippen molar-refractivity contribution in [2.45, 2.75) is 57.1 Å². The Labute approximate surface area is 186 Å². The summed E-state index contributed by atoms with van der Waals surface area (Å²) in [5, 5.41) is 20.8. The largest absolute Gasteiger partial charge is 0.480 e. The highest BCUT2D eigenvalue weighted by molar-refractivity contribution is 5.74. The Balaban J connectivity index is 0. The van der Waals surface area contributed by atoms with Crippen LogP contribution >= 0.6 is 0 Å². The Bertz CT molecular complexity index is 588. The van der Waals surface area contributed by atoms with E-state index in [9.17, 15) is 33.9 Å². The molecule has 12 nitrogen and oxygen atoms in total. The third-order valence-corrected chi connectivity index (χ3v) is 4.22. The van der Waals surface area contributed by atoms with Gasteiger partial charge in [0.15, 0.2) is 0 Å². The maximum Gasteiger partial charge on any atom is 0.320 e. The van der Waals surface area contributed by atoms with E-state index < -0.39 is 29.9 Å². The standard InChI is InChI=1S/C10H16O6.C5H9NO2.C5H8O3/c1-15-9(13)4-3-8(12)7(6-11)5-10(14)16-2;7-5(8)4-2-1-3-6-4;1-8-5(7)3-2-4-6/h6-8,12H,3-5H2,1-2H3;4,6H,1-3H2,(H,7,8);4H,2-3H2,1H3/t7-,8+;4-;/m10./s1. The number of carboxylic acid groups (broad SMARTS) is 1.